The van der Waals surface area contributed by atoms with Crippen molar-refractivity contribution in [1.29, 1.82) is 0 Å². The maximum atomic E-state index is 5.94. The summed E-state index contributed by atoms with van der Waals surface area (Å²) in [4.78, 5) is 0. The van der Waals surface area contributed by atoms with Crippen LogP contribution in [0.2, 0.25) is 5.02 Å². The second-order valence-electron chi connectivity index (χ2n) is 2.72. The maximum absolute atomic E-state index is 5.94. The van der Waals surface area contributed by atoms with Gasteiger partial charge in [-0.05, 0) is 24.1 Å². The Bertz CT molecular complexity index is 258. The van der Waals surface area contributed by atoms with Crippen LogP contribution in [-0.4, -0.2) is 7.11 Å². The Kier molecular flexibility index (Phi) is 5.56. The second kappa shape index (κ2) is 5.87. The molecular weight excluding hydrogens is 184 g/mol. The average molecular weight is 201 g/mol. The van der Waals surface area contributed by atoms with E-state index in [0.717, 1.165) is 18.6 Å². The molecule has 0 N–H and O–H groups in total. The van der Waals surface area contributed by atoms with Crippen molar-refractivity contribution in [2.45, 2.75) is 27.2 Å². The van der Waals surface area contributed by atoms with Gasteiger partial charge in [0.15, 0.2) is 0 Å². The van der Waals surface area contributed by atoms with E-state index in [2.05, 4.69) is 6.92 Å². The number of hydrogen-bond donors (Lipinski definition) is 0. The van der Waals surface area contributed by atoms with E-state index in [1.165, 1.54) is 5.56 Å². The molecule has 0 heterocycles. The fourth-order valence-electron chi connectivity index (χ4n) is 1.15. The maximum Gasteiger partial charge on any atom is 0.137 e. The molecule has 2 heteroatoms. The molecule has 1 aromatic rings. The zero-order valence-corrected chi connectivity index (χ0v) is 8.19. The molecule has 0 amide bonds. The van der Waals surface area contributed by atoms with E-state index in [1.54, 1.807) is 7.11 Å². The van der Waals surface area contributed by atoms with Gasteiger partial charge in [-0.1, -0.05) is 38.4 Å². The van der Waals surface area contributed by atoms with Crippen molar-refractivity contribution < 1.29 is 4.74 Å². The molecule has 0 radical (unpaired) electrons. The molecule has 74 valence electrons. The summed E-state index contributed by atoms with van der Waals surface area (Å²) in [5, 5.41) is 0.698. The first kappa shape index (κ1) is 12.3. The highest BCUT2D eigenvalue weighted by Gasteiger charge is 2.00. The lowest BCUT2D eigenvalue weighted by Crippen LogP contribution is -1.87. The molecule has 0 spiro atoms. The van der Waals surface area contributed by atoms with E-state index < -0.39 is 0 Å². The largest absolute Gasteiger partial charge is 0.495 e. The van der Waals surface area contributed by atoms with Crippen LogP contribution in [0.3, 0.4) is 0 Å². The minimum absolute atomic E-state index is 0. The van der Waals surface area contributed by atoms with Crippen LogP contribution in [0, 0.1) is 0 Å². The molecule has 0 saturated carbocycles. The highest BCUT2D eigenvalue weighted by Crippen LogP contribution is 2.25. The smallest absolute Gasteiger partial charge is 0.137 e. The van der Waals surface area contributed by atoms with Crippen molar-refractivity contribution in [3.63, 3.8) is 0 Å². The summed E-state index contributed by atoms with van der Waals surface area (Å²) in [7, 11) is 1.63. The van der Waals surface area contributed by atoms with Crippen molar-refractivity contribution in [3.05, 3.63) is 28.8 Å². The van der Waals surface area contributed by atoms with E-state index in [1.807, 2.05) is 18.2 Å². The Morgan fingerprint density at radius 2 is 2.08 bits per heavy atom. The summed E-state index contributed by atoms with van der Waals surface area (Å²) < 4.78 is 5.05. The van der Waals surface area contributed by atoms with Gasteiger partial charge < -0.3 is 4.74 Å². The molecule has 0 saturated heterocycles. The molecule has 0 fully saturated rings. The van der Waals surface area contributed by atoms with Crippen LogP contribution < -0.4 is 4.74 Å². The molecule has 0 aliphatic rings. The molecule has 0 aliphatic heterocycles. The highest BCUT2D eigenvalue weighted by molar-refractivity contribution is 6.32. The van der Waals surface area contributed by atoms with Crippen molar-refractivity contribution in [2.75, 3.05) is 7.11 Å². The van der Waals surface area contributed by atoms with Crippen molar-refractivity contribution in [2.24, 2.45) is 0 Å². The van der Waals surface area contributed by atoms with Gasteiger partial charge in [0, 0.05) is 0 Å². The first-order valence-corrected chi connectivity index (χ1v) is 4.48. The normalized spacial score (nSPS) is 9.15. The standard InChI is InChI=1S/C10H13ClO.CH4/c1-3-4-8-5-6-10(12-2)9(11)7-8;/h5-7H,3-4H2,1-2H3;1H4. The minimum atomic E-state index is 0. The molecule has 0 aromatic heterocycles. The number of methoxy groups -OCH3 is 1. The van der Waals surface area contributed by atoms with Gasteiger partial charge in [0.1, 0.15) is 5.75 Å². The number of halogens is 1. The average Bonchev–Trinajstić information content (AvgIpc) is 2.05. The fraction of sp³-hybridized carbons (Fsp3) is 0.455. The Morgan fingerprint density at radius 3 is 2.54 bits per heavy atom. The van der Waals surface area contributed by atoms with Crippen LogP contribution in [0.1, 0.15) is 26.3 Å². The van der Waals surface area contributed by atoms with E-state index in [-0.39, 0.29) is 7.43 Å². The highest BCUT2D eigenvalue weighted by atomic mass is 35.5. The molecule has 13 heavy (non-hydrogen) atoms. The van der Waals surface area contributed by atoms with Crippen LogP contribution in [0.25, 0.3) is 0 Å². The number of aryl methyl sites for hydroxylation is 1. The van der Waals surface area contributed by atoms with Crippen molar-refractivity contribution >= 4 is 11.6 Å². The van der Waals surface area contributed by atoms with Gasteiger partial charge in [-0.25, -0.2) is 0 Å². The van der Waals surface area contributed by atoms with Gasteiger partial charge in [0.2, 0.25) is 0 Å². The number of benzene rings is 1. The SMILES string of the molecule is C.CCCc1ccc(OC)c(Cl)c1. The molecule has 0 aliphatic carbocycles. The van der Waals surface area contributed by atoms with E-state index in [0.29, 0.717) is 5.02 Å². The third kappa shape index (κ3) is 3.27. The lowest BCUT2D eigenvalue weighted by atomic mass is 10.1. The minimum Gasteiger partial charge on any atom is -0.495 e. The first-order chi connectivity index (χ1) is 5.77. The van der Waals surface area contributed by atoms with E-state index in [9.17, 15) is 0 Å². The van der Waals surface area contributed by atoms with Crippen LogP contribution in [0.4, 0.5) is 0 Å². The Labute approximate surface area is 85.7 Å². The van der Waals surface area contributed by atoms with Gasteiger partial charge in [-0.2, -0.15) is 0 Å². The zero-order valence-electron chi connectivity index (χ0n) is 7.43. The molecular formula is C11H17ClO. The number of rotatable bonds is 3. The Hall–Kier alpha value is -0.690. The third-order valence-electron chi connectivity index (χ3n) is 1.75. The van der Waals surface area contributed by atoms with Crippen LogP contribution in [0.5, 0.6) is 5.75 Å². The summed E-state index contributed by atoms with van der Waals surface area (Å²) in [5.41, 5.74) is 1.27. The van der Waals surface area contributed by atoms with Gasteiger partial charge >= 0.3 is 0 Å². The quantitative estimate of drug-likeness (QED) is 0.718. The van der Waals surface area contributed by atoms with E-state index in [4.69, 9.17) is 16.3 Å². The lowest BCUT2D eigenvalue weighted by molar-refractivity contribution is 0.415. The number of ether oxygens (including phenoxy) is 1. The number of hydrogen-bond acceptors (Lipinski definition) is 1. The fourth-order valence-corrected chi connectivity index (χ4v) is 1.43. The third-order valence-corrected chi connectivity index (χ3v) is 2.05. The molecule has 0 atom stereocenters. The zero-order chi connectivity index (χ0) is 8.97. The van der Waals surface area contributed by atoms with Gasteiger partial charge in [0.25, 0.3) is 0 Å². The molecule has 1 nitrogen and oxygen atoms in total. The lowest BCUT2D eigenvalue weighted by Gasteiger charge is -2.04. The van der Waals surface area contributed by atoms with E-state index >= 15 is 0 Å². The van der Waals surface area contributed by atoms with Gasteiger partial charge in [0.05, 0.1) is 12.1 Å². The Morgan fingerprint density at radius 1 is 1.38 bits per heavy atom. The first-order valence-electron chi connectivity index (χ1n) is 4.10. The Balaban J connectivity index is 0.00000144. The molecule has 1 aromatic carbocycles. The molecule has 1 rings (SSSR count). The summed E-state index contributed by atoms with van der Waals surface area (Å²) >= 11 is 5.94. The van der Waals surface area contributed by atoms with Crippen molar-refractivity contribution in [3.8, 4) is 5.75 Å². The molecule has 0 unspecified atom stereocenters. The van der Waals surface area contributed by atoms with Gasteiger partial charge in [-0.15, -0.1) is 0 Å². The summed E-state index contributed by atoms with van der Waals surface area (Å²) in [6.07, 6.45) is 2.21. The van der Waals surface area contributed by atoms with Crippen LogP contribution >= 0.6 is 11.6 Å². The predicted octanol–water partition coefficient (Wildman–Crippen LogP) is 3.94. The summed E-state index contributed by atoms with van der Waals surface area (Å²) in [6, 6.07) is 5.92. The second-order valence-corrected chi connectivity index (χ2v) is 3.13. The monoisotopic (exact) mass is 200 g/mol. The van der Waals surface area contributed by atoms with Crippen LogP contribution in [0.15, 0.2) is 18.2 Å². The predicted molar refractivity (Wildman–Crippen MR) is 58.7 cm³/mol. The molecule has 0 bridgehead atoms. The van der Waals surface area contributed by atoms with Gasteiger partial charge in [-0.3, -0.25) is 0 Å². The van der Waals surface area contributed by atoms with Crippen LogP contribution in [-0.2, 0) is 6.42 Å². The van der Waals surface area contributed by atoms with Crippen molar-refractivity contribution in [1.82, 2.24) is 0 Å². The summed E-state index contributed by atoms with van der Waals surface area (Å²) in [6.45, 7) is 2.15. The topological polar surface area (TPSA) is 9.23 Å². The summed E-state index contributed by atoms with van der Waals surface area (Å²) in [5.74, 6) is 0.747.